The molecule has 4 unspecified atom stereocenters. The maximum atomic E-state index is 13.5. The van der Waals surface area contributed by atoms with Crippen LogP contribution in [0.2, 0.25) is 0 Å². The van der Waals surface area contributed by atoms with Gasteiger partial charge in [-0.05, 0) is 78.4 Å². The van der Waals surface area contributed by atoms with Crippen molar-refractivity contribution in [3.8, 4) is 0 Å². The molecule has 14 nitrogen and oxygen atoms in total. The number of carbonyl (C=O) groups is 2. The second kappa shape index (κ2) is 14.4. The van der Waals surface area contributed by atoms with Gasteiger partial charge in [-0.15, -0.1) is 10.2 Å². The van der Waals surface area contributed by atoms with Crippen LogP contribution in [-0.4, -0.2) is 91.3 Å². The minimum Gasteiger partial charge on any atom is -0.461 e. The molecular formula is C33H37BrF2N10O4. The summed E-state index contributed by atoms with van der Waals surface area (Å²) in [6, 6.07) is 7.52. The van der Waals surface area contributed by atoms with Crippen LogP contribution in [0.15, 0.2) is 41.3 Å². The van der Waals surface area contributed by atoms with E-state index >= 15 is 0 Å². The molecule has 264 valence electrons. The largest absolute Gasteiger partial charge is 0.461 e. The molecule has 2 aliphatic heterocycles. The molecule has 4 atom stereocenters. The second-order valence-electron chi connectivity index (χ2n) is 13.0. The zero-order chi connectivity index (χ0) is 34.9. The molecule has 0 aromatic carbocycles. The molecular weight excluding hydrogens is 718 g/mol. The van der Waals surface area contributed by atoms with Gasteiger partial charge in [0.25, 0.3) is 6.43 Å². The standard InChI is InChI=1S/C17H19F2N5O2.C16H18BrN5O2/c1-2-26-17(25)13-9-24(22-21-13)8-10-3-4-14(20-15(10)16(18)19)23-6-11-5-12(11)7-23;1-2-24-16(23)13-9-22(20-19-13)8-10-3-4-14(18-15(10)17)21-6-11-5-12(11)7-21/h3-4,9,11-12,16H,2,5-8H2,1H3;3-4,9,11-12H,2,5-8H2,1H3. The van der Waals surface area contributed by atoms with Crippen LogP contribution in [0.4, 0.5) is 20.4 Å². The third kappa shape index (κ3) is 7.61. The summed E-state index contributed by atoms with van der Waals surface area (Å²) >= 11 is 3.55. The van der Waals surface area contributed by atoms with Crippen LogP contribution >= 0.6 is 15.9 Å². The van der Waals surface area contributed by atoms with E-state index < -0.39 is 18.4 Å². The maximum Gasteiger partial charge on any atom is 0.360 e. The third-order valence-electron chi connectivity index (χ3n) is 9.43. The lowest BCUT2D eigenvalue weighted by Gasteiger charge is -2.20. The van der Waals surface area contributed by atoms with Crippen LogP contribution in [-0.2, 0) is 22.6 Å². The smallest absolute Gasteiger partial charge is 0.360 e. The fourth-order valence-electron chi connectivity index (χ4n) is 6.61. The maximum absolute atomic E-state index is 13.5. The molecule has 4 aliphatic rings. The van der Waals surface area contributed by atoms with Crippen molar-refractivity contribution >= 4 is 39.5 Å². The second-order valence-corrected chi connectivity index (χ2v) is 13.8. The van der Waals surface area contributed by atoms with Crippen LogP contribution < -0.4 is 9.80 Å². The monoisotopic (exact) mass is 754 g/mol. The van der Waals surface area contributed by atoms with E-state index in [-0.39, 0.29) is 30.2 Å². The van der Waals surface area contributed by atoms with Crippen molar-refractivity contribution in [3.63, 3.8) is 0 Å². The van der Waals surface area contributed by atoms with Crippen LogP contribution in [0.1, 0.15) is 70.9 Å². The molecule has 0 bridgehead atoms. The lowest BCUT2D eigenvalue weighted by Crippen LogP contribution is -2.23. The summed E-state index contributed by atoms with van der Waals surface area (Å²) in [7, 11) is 0. The Morgan fingerprint density at radius 1 is 0.760 bits per heavy atom. The molecule has 0 N–H and O–H groups in total. The van der Waals surface area contributed by atoms with Crippen molar-refractivity contribution in [2.45, 2.75) is 46.2 Å². The lowest BCUT2D eigenvalue weighted by molar-refractivity contribution is 0.0510. The summed E-state index contributed by atoms with van der Waals surface area (Å²) in [6.45, 7) is 8.58. The number of nitrogens with zero attached hydrogens (tertiary/aromatic N) is 10. The highest BCUT2D eigenvalue weighted by molar-refractivity contribution is 9.10. The van der Waals surface area contributed by atoms with Crippen LogP contribution in [0, 0.1) is 23.7 Å². The van der Waals surface area contributed by atoms with Gasteiger partial charge in [0.2, 0.25) is 0 Å². The van der Waals surface area contributed by atoms with E-state index in [2.05, 4.69) is 56.3 Å². The van der Waals surface area contributed by atoms with E-state index in [1.807, 2.05) is 12.1 Å². The van der Waals surface area contributed by atoms with Gasteiger partial charge >= 0.3 is 11.9 Å². The van der Waals surface area contributed by atoms with Crippen molar-refractivity contribution in [1.82, 2.24) is 40.0 Å². The van der Waals surface area contributed by atoms with E-state index in [4.69, 9.17) is 9.47 Å². The highest BCUT2D eigenvalue weighted by Gasteiger charge is 2.46. The highest BCUT2D eigenvalue weighted by atomic mass is 79.9. The Kier molecular flexibility index (Phi) is 9.75. The van der Waals surface area contributed by atoms with Gasteiger partial charge in [-0.2, -0.15) is 0 Å². The van der Waals surface area contributed by atoms with E-state index in [1.165, 1.54) is 23.7 Å². The van der Waals surface area contributed by atoms with E-state index in [0.717, 1.165) is 54.0 Å². The summed E-state index contributed by atoms with van der Waals surface area (Å²) < 4.78 is 40.5. The van der Waals surface area contributed by atoms with Crippen molar-refractivity contribution in [2.75, 3.05) is 49.2 Å². The highest BCUT2D eigenvalue weighted by Crippen LogP contribution is 2.47. The summed E-state index contributed by atoms with van der Waals surface area (Å²) in [5.74, 6) is 3.72. The number of aromatic nitrogens is 8. The Morgan fingerprint density at radius 3 is 1.68 bits per heavy atom. The number of hydrogen-bond acceptors (Lipinski definition) is 12. The quantitative estimate of drug-likeness (QED) is 0.158. The minimum absolute atomic E-state index is 0.0475. The molecule has 0 radical (unpaired) electrons. The SMILES string of the molecule is CCOC(=O)c1cn(Cc2ccc(N3CC4CC4C3)nc2Br)nn1.CCOC(=O)c1cn(Cc2ccc(N3CC4CC4C3)nc2C(F)F)nn1. The number of pyridine rings is 2. The minimum atomic E-state index is -2.69. The van der Waals surface area contributed by atoms with Gasteiger partial charge in [0, 0.05) is 37.3 Å². The molecule has 17 heteroatoms. The molecule has 2 aliphatic carbocycles. The number of ether oxygens (including phenoxy) is 2. The van der Waals surface area contributed by atoms with Gasteiger partial charge in [0.1, 0.15) is 21.9 Å². The fourth-order valence-corrected chi connectivity index (χ4v) is 7.05. The molecule has 6 heterocycles. The average molecular weight is 756 g/mol. The Labute approximate surface area is 295 Å². The van der Waals surface area contributed by atoms with Crippen LogP contribution in [0.3, 0.4) is 0 Å². The van der Waals surface area contributed by atoms with E-state index in [0.29, 0.717) is 36.4 Å². The number of piperidine rings is 2. The van der Waals surface area contributed by atoms with E-state index in [1.54, 1.807) is 36.9 Å². The number of esters is 2. The predicted octanol–water partition coefficient (Wildman–Crippen LogP) is 4.41. The Bertz CT molecular complexity index is 1850. The molecule has 4 aromatic heterocycles. The number of anilines is 2. The average Bonchev–Trinajstić information content (AvgIpc) is 3.63. The summed E-state index contributed by atoms with van der Waals surface area (Å²) in [4.78, 5) is 36.6. The van der Waals surface area contributed by atoms with Crippen molar-refractivity contribution in [3.05, 3.63) is 69.5 Å². The topological polar surface area (TPSA) is 146 Å². The Morgan fingerprint density at radius 2 is 1.22 bits per heavy atom. The van der Waals surface area contributed by atoms with Gasteiger partial charge in [0.05, 0.1) is 38.7 Å². The number of alkyl halides is 2. The van der Waals surface area contributed by atoms with Gasteiger partial charge in [-0.25, -0.2) is 37.7 Å². The first-order valence-corrected chi connectivity index (χ1v) is 17.6. The summed E-state index contributed by atoms with van der Waals surface area (Å²) in [5.41, 5.74) is 1.35. The van der Waals surface area contributed by atoms with Crippen molar-refractivity contribution in [2.24, 2.45) is 23.7 Å². The first-order valence-electron chi connectivity index (χ1n) is 16.8. The lowest BCUT2D eigenvalue weighted by atomic mass is 10.2. The van der Waals surface area contributed by atoms with Crippen LogP contribution in [0.25, 0.3) is 0 Å². The first-order chi connectivity index (χ1) is 24.2. The van der Waals surface area contributed by atoms with Crippen molar-refractivity contribution in [1.29, 1.82) is 0 Å². The molecule has 0 amide bonds. The Hall–Kier alpha value is -4.54. The van der Waals surface area contributed by atoms with Crippen LogP contribution in [0.5, 0.6) is 0 Å². The third-order valence-corrected chi connectivity index (χ3v) is 10.1. The Balaban J connectivity index is 0.000000157. The fraction of sp³-hybridized carbons (Fsp3) is 0.515. The zero-order valence-electron chi connectivity index (χ0n) is 27.7. The van der Waals surface area contributed by atoms with Gasteiger partial charge in [0.15, 0.2) is 11.4 Å². The van der Waals surface area contributed by atoms with Gasteiger partial charge in [-0.1, -0.05) is 22.6 Å². The molecule has 50 heavy (non-hydrogen) atoms. The molecule has 2 saturated heterocycles. The predicted molar refractivity (Wildman–Crippen MR) is 179 cm³/mol. The zero-order valence-corrected chi connectivity index (χ0v) is 29.2. The normalized spacial score (nSPS) is 21.4. The molecule has 2 saturated carbocycles. The molecule has 4 aromatic rings. The van der Waals surface area contributed by atoms with Crippen molar-refractivity contribution < 1.29 is 27.8 Å². The number of carbonyl (C=O) groups excluding carboxylic acids is 2. The number of fused-ring (bicyclic) bond motifs is 2. The molecule has 4 fully saturated rings. The summed E-state index contributed by atoms with van der Waals surface area (Å²) in [6.07, 6.45) is 2.91. The summed E-state index contributed by atoms with van der Waals surface area (Å²) in [5, 5.41) is 15.4. The number of hydrogen-bond donors (Lipinski definition) is 0. The molecule has 0 spiro atoms. The van der Waals surface area contributed by atoms with E-state index in [9.17, 15) is 18.4 Å². The molecule has 8 rings (SSSR count). The van der Waals surface area contributed by atoms with Gasteiger partial charge < -0.3 is 19.3 Å². The number of halogens is 3. The first kappa shape index (κ1) is 33.9. The number of rotatable bonds is 11. The van der Waals surface area contributed by atoms with Gasteiger partial charge in [-0.3, -0.25) is 0 Å².